The summed E-state index contributed by atoms with van der Waals surface area (Å²) in [6.07, 6.45) is -1.86. The van der Waals surface area contributed by atoms with Crippen LogP contribution in [0.2, 0.25) is 0 Å². The van der Waals surface area contributed by atoms with Crippen molar-refractivity contribution in [2.75, 3.05) is 20.1 Å². The van der Waals surface area contributed by atoms with Gasteiger partial charge in [0.1, 0.15) is 0 Å². The molecular weight excluding hydrogens is 203 g/mol. The molecule has 0 atom stereocenters. The van der Waals surface area contributed by atoms with Crippen molar-refractivity contribution in [3.63, 3.8) is 0 Å². The summed E-state index contributed by atoms with van der Waals surface area (Å²) in [7, 11) is 2.02. The summed E-state index contributed by atoms with van der Waals surface area (Å²) in [6.45, 7) is 3.99. The van der Waals surface area contributed by atoms with E-state index in [-0.39, 0.29) is 0 Å². The van der Waals surface area contributed by atoms with Crippen molar-refractivity contribution in [2.45, 2.75) is 38.8 Å². The van der Waals surface area contributed by atoms with Gasteiger partial charge in [-0.3, -0.25) is 0 Å². The lowest BCUT2D eigenvalue weighted by Crippen LogP contribution is -2.32. The normalized spacial score (nSPS) is 28.4. The minimum absolute atomic E-state index is 0.325. The third kappa shape index (κ3) is 4.01. The van der Waals surface area contributed by atoms with Crippen molar-refractivity contribution < 1.29 is 13.2 Å². The average molecular weight is 223 g/mol. The molecule has 0 saturated heterocycles. The average Bonchev–Trinajstić information content (AvgIpc) is 2.17. The highest BCUT2D eigenvalue weighted by Gasteiger charge is 2.41. The fourth-order valence-corrected chi connectivity index (χ4v) is 2.24. The Balaban J connectivity index is 2.30. The van der Waals surface area contributed by atoms with Crippen LogP contribution in [0.4, 0.5) is 13.2 Å². The molecule has 0 bridgehead atoms. The van der Waals surface area contributed by atoms with Crippen LogP contribution in [0.15, 0.2) is 0 Å². The van der Waals surface area contributed by atoms with Crippen LogP contribution in [0.1, 0.15) is 32.6 Å². The van der Waals surface area contributed by atoms with Crippen molar-refractivity contribution in [1.82, 2.24) is 4.90 Å². The Bertz CT molecular complexity index is 183. The van der Waals surface area contributed by atoms with Gasteiger partial charge in [-0.25, -0.2) is 0 Å². The van der Waals surface area contributed by atoms with Crippen LogP contribution >= 0.6 is 0 Å². The Morgan fingerprint density at radius 1 is 1.13 bits per heavy atom. The van der Waals surface area contributed by atoms with E-state index in [1.807, 2.05) is 7.05 Å². The maximum atomic E-state index is 12.4. The Labute approximate surface area is 89.6 Å². The third-order valence-corrected chi connectivity index (χ3v) is 3.42. The molecule has 0 unspecified atom stereocenters. The molecule has 0 radical (unpaired) electrons. The van der Waals surface area contributed by atoms with Crippen molar-refractivity contribution in [3.8, 4) is 0 Å². The van der Waals surface area contributed by atoms with Gasteiger partial charge >= 0.3 is 6.18 Å². The second kappa shape index (κ2) is 5.19. The summed E-state index contributed by atoms with van der Waals surface area (Å²) >= 11 is 0. The molecule has 0 aromatic rings. The summed E-state index contributed by atoms with van der Waals surface area (Å²) in [4.78, 5) is 2.18. The van der Waals surface area contributed by atoms with Crippen LogP contribution in [0.5, 0.6) is 0 Å². The minimum Gasteiger partial charge on any atom is -0.306 e. The van der Waals surface area contributed by atoms with Gasteiger partial charge in [0, 0.05) is 6.54 Å². The van der Waals surface area contributed by atoms with E-state index in [0.717, 1.165) is 25.9 Å². The van der Waals surface area contributed by atoms with Crippen molar-refractivity contribution in [3.05, 3.63) is 0 Å². The highest BCUT2D eigenvalue weighted by molar-refractivity contribution is 4.78. The lowest BCUT2D eigenvalue weighted by molar-refractivity contribution is -0.184. The van der Waals surface area contributed by atoms with Gasteiger partial charge in [0.15, 0.2) is 0 Å². The van der Waals surface area contributed by atoms with Gasteiger partial charge in [-0.05, 0) is 45.2 Å². The molecule has 1 rings (SSSR count). The predicted octanol–water partition coefficient (Wildman–Crippen LogP) is 3.31. The predicted molar refractivity (Wildman–Crippen MR) is 54.7 cm³/mol. The Morgan fingerprint density at radius 3 is 2.07 bits per heavy atom. The Morgan fingerprint density at radius 2 is 1.67 bits per heavy atom. The zero-order valence-electron chi connectivity index (χ0n) is 9.48. The first-order valence-corrected chi connectivity index (χ1v) is 5.68. The van der Waals surface area contributed by atoms with E-state index in [1.165, 1.54) is 0 Å². The molecule has 1 aliphatic carbocycles. The first-order chi connectivity index (χ1) is 6.93. The van der Waals surface area contributed by atoms with Crippen LogP contribution in [0.25, 0.3) is 0 Å². The molecule has 1 aliphatic rings. The molecule has 0 aliphatic heterocycles. The van der Waals surface area contributed by atoms with Crippen molar-refractivity contribution in [2.24, 2.45) is 11.8 Å². The minimum atomic E-state index is -3.97. The van der Waals surface area contributed by atoms with Gasteiger partial charge < -0.3 is 4.90 Å². The van der Waals surface area contributed by atoms with Gasteiger partial charge in [-0.15, -0.1) is 0 Å². The summed E-state index contributed by atoms with van der Waals surface area (Å²) in [5.41, 5.74) is 0. The van der Waals surface area contributed by atoms with Gasteiger partial charge in [0.05, 0.1) is 5.92 Å². The Hall–Kier alpha value is -0.250. The molecule has 0 spiro atoms. The van der Waals surface area contributed by atoms with Crippen LogP contribution in [-0.4, -0.2) is 31.2 Å². The molecule has 0 aromatic heterocycles. The number of halogens is 3. The molecule has 4 heteroatoms. The highest BCUT2D eigenvalue weighted by Crippen LogP contribution is 2.39. The molecule has 1 nitrogen and oxygen atoms in total. The summed E-state index contributed by atoms with van der Waals surface area (Å²) < 4.78 is 37.2. The molecule has 90 valence electrons. The molecule has 0 N–H and O–H groups in total. The second-order valence-electron chi connectivity index (χ2n) is 4.61. The monoisotopic (exact) mass is 223 g/mol. The van der Waals surface area contributed by atoms with Gasteiger partial charge in [0.2, 0.25) is 0 Å². The molecular formula is C11H20F3N. The third-order valence-electron chi connectivity index (χ3n) is 3.42. The Kier molecular flexibility index (Phi) is 4.44. The van der Waals surface area contributed by atoms with E-state index in [0.29, 0.717) is 18.8 Å². The first-order valence-electron chi connectivity index (χ1n) is 5.68. The fourth-order valence-electron chi connectivity index (χ4n) is 2.24. The zero-order chi connectivity index (χ0) is 11.5. The van der Waals surface area contributed by atoms with Gasteiger partial charge in [-0.2, -0.15) is 13.2 Å². The summed E-state index contributed by atoms with van der Waals surface area (Å²) in [5, 5.41) is 0. The SMILES string of the molecule is CCN(C)C[C@H]1CC[C@H](C(F)(F)F)CC1. The maximum Gasteiger partial charge on any atom is 0.391 e. The van der Waals surface area contributed by atoms with Gasteiger partial charge in [0.25, 0.3) is 0 Å². The fraction of sp³-hybridized carbons (Fsp3) is 1.00. The van der Waals surface area contributed by atoms with Crippen molar-refractivity contribution in [1.29, 1.82) is 0 Å². The standard InChI is InChI=1S/C11H20F3N/c1-3-15(2)8-9-4-6-10(7-5-9)11(12,13)14/h9-10H,3-8H2,1-2H3/t9-,10-. The molecule has 0 aromatic carbocycles. The summed E-state index contributed by atoms with van der Waals surface area (Å²) in [6, 6.07) is 0. The van der Waals surface area contributed by atoms with Crippen LogP contribution < -0.4 is 0 Å². The lowest BCUT2D eigenvalue weighted by Gasteiger charge is -2.31. The van der Waals surface area contributed by atoms with Gasteiger partial charge in [-0.1, -0.05) is 6.92 Å². The number of nitrogens with zero attached hydrogens (tertiary/aromatic N) is 1. The second-order valence-corrected chi connectivity index (χ2v) is 4.61. The highest BCUT2D eigenvalue weighted by atomic mass is 19.4. The van der Waals surface area contributed by atoms with E-state index in [1.54, 1.807) is 0 Å². The molecule has 0 heterocycles. The molecule has 1 fully saturated rings. The smallest absolute Gasteiger partial charge is 0.306 e. The molecule has 0 amide bonds. The largest absolute Gasteiger partial charge is 0.391 e. The first kappa shape index (κ1) is 12.8. The van der Waals surface area contributed by atoms with E-state index >= 15 is 0 Å². The van der Waals surface area contributed by atoms with E-state index < -0.39 is 12.1 Å². The number of hydrogen-bond acceptors (Lipinski definition) is 1. The van der Waals surface area contributed by atoms with Crippen LogP contribution in [-0.2, 0) is 0 Å². The zero-order valence-corrected chi connectivity index (χ0v) is 9.48. The van der Waals surface area contributed by atoms with Crippen LogP contribution in [0, 0.1) is 11.8 Å². The van der Waals surface area contributed by atoms with Crippen molar-refractivity contribution >= 4 is 0 Å². The summed E-state index contributed by atoms with van der Waals surface area (Å²) in [5.74, 6) is -0.575. The lowest BCUT2D eigenvalue weighted by atomic mass is 9.81. The van der Waals surface area contributed by atoms with E-state index in [2.05, 4.69) is 11.8 Å². The van der Waals surface area contributed by atoms with Crippen LogP contribution in [0.3, 0.4) is 0 Å². The van der Waals surface area contributed by atoms with E-state index in [9.17, 15) is 13.2 Å². The molecule has 1 saturated carbocycles. The number of alkyl halides is 3. The van der Waals surface area contributed by atoms with E-state index in [4.69, 9.17) is 0 Å². The number of rotatable bonds is 3. The maximum absolute atomic E-state index is 12.4. The topological polar surface area (TPSA) is 3.24 Å². The quantitative estimate of drug-likeness (QED) is 0.709. The number of hydrogen-bond donors (Lipinski definition) is 0. The molecule has 15 heavy (non-hydrogen) atoms.